The van der Waals surface area contributed by atoms with Crippen LogP contribution in [0.1, 0.15) is 16.8 Å². The van der Waals surface area contributed by atoms with Gasteiger partial charge in [-0.1, -0.05) is 0 Å². The van der Waals surface area contributed by atoms with Gasteiger partial charge in [0.25, 0.3) is 5.91 Å². The zero-order valence-corrected chi connectivity index (χ0v) is 8.29. The molecule has 1 heterocycles. The molecular formula is C10H15N3O. The summed E-state index contributed by atoms with van der Waals surface area (Å²) in [5, 5.41) is 5.83. The lowest BCUT2D eigenvalue weighted by atomic mass is 10.2. The first-order valence-corrected chi connectivity index (χ1v) is 4.67. The highest BCUT2D eigenvalue weighted by molar-refractivity contribution is 5.93. The van der Waals surface area contributed by atoms with Crippen LogP contribution >= 0.6 is 0 Å². The quantitative estimate of drug-likeness (QED) is 0.666. The molecule has 0 unspecified atom stereocenters. The minimum Gasteiger partial charge on any atom is -0.352 e. The molecule has 0 saturated heterocycles. The molecular weight excluding hydrogens is 178 g/mol. The van der Waals surface area contributed by atoms with Gasteiger partial charge in [0.1, 0.15) is 0 Å². The number of carbonyl (C=O) groups is 1. The van der Waals surface area contributed by atoms with Crippen molar-refractivity contribution in [3.63, 3.8) is 0 Å². The summed E-state index contributed by atoms with van der Waals surface area (Å²) in [5.41, 5.74) is 0.608. The van der Waals surface area contributed by atoms with Crippen molar-refractivity contribution in [3.05, 3.63) is 30.1 Å². The lowest BCUT2D eigenvalue weighted by Crippen LogP contribution is -2.26. The number of nitrogens with one attached hydrogen (secondary N) is 2. The van der Waals surface area contributed by atoms with Crippen molar-refractivity contribution in [2.24, 2.45) is 0 Å². The number of rotatable bonds is 5. The third-order valence-electron chi connectivity index (χ3n) is 1.81. The van der Waals surface area contributed by atoms with E-state index >= 15 is 0 Å². The summed E-state index contributed by atoms with van der Waals surface area (Å²) >= 11 is 0. The fourth-order valence-electron chi connectivity index (χ4n) is 1.07. The summed E-state index contributed by atoms with van der Waals surface area (Å²) in [7, 11) is 1.89. The summed E-state index contributed by atoms with van der Waals surface area (Å²) in [4.78, 5) is 15.3. The van der Waals surface area contributed by atoms with Gasteiger partial charge in [0.15, 0.2) is 0 Å². The van der Waals surface area contributed by atoms with Crippen LogP contribution in [-0.2, 0) is 0 Å². The molecule has 0 saturated carbocycles. The van der Waals surface area contributed by atoms with Gasteiger partial charge in [0, 0.05) is 18.9 Å². The molecule has 14 heavy (non-hydrogen) atoms. The molecule has 0 aliphatic rings. The standard InChI is InChI=1S/C10H15N3O/c1-11-5-3-7-13-10(14)9-4-2-6-12-8-9/h2,4,6,8,11H,3,5,7H2,1H3,(H,13,14). The highest BCUT2D eigenvalue weighted by Crippen LogP contribution is 1.94. The third-order valence-corrected chi connectivity index (χ3v) is 1.81. The van der Waals surface area contributed by atoms with Crippen molar-refractivity contribution < 1.29 is 4.79 Å². The van der Waals surface area contributed by atoms with Gasteiger partial charge in [0.2, 0.25) is 0 Å². The van der Waals surface area contributed by atoms with Gasteiger partial charge in [-0.15, -0.1) is 0 Å². The molecule has 76 valence electrons. The minimum atomic E-state index is -0.0609. The van der Waals surface area contributed by atoms with E-state index in [1.54, 1.807) is 24.5 Å². The van der Waals surface area contributed by atoms with Crippen LogP contribution in [0, 0.1) is 0 Å². The molecule has 1 aromatic rings. The van der Waals surface area contributed by atoms with E-state index in [0.717, 1.165) is 13.0 Å². The number of hydrogen-bond donors (Lipinski definition) is 2. The van der Waals surface area contributed by atoms with E-state index in [-0.39, 0.29) is 5.91 Å². The molecule has 4 heteroatoms. The van der Waals surface area contributed by atoms with E-state index in [4.69, 9.17) is 0 Å². The fourth-order valence-corrected chi connectivity index (χ4v) is 1.07. The van der Waals surface area contributed by atoms with Crippen molar-refractivity contribution in [2.75, 3.05) is 20.1 Å². The number of aromatic nitrogens is 1. The van der Waals surface area contributed by atoms with Crippen molar-refractivity contribution in [1.29, 1.82) is 0 Å². The summed E-state index contributed by atoms with van der Waals surface area (Å²) < 4.78 is 0. The molecule has 0 radical (unpaired) electrons. The summed E-state index contributed by atoms with van der Waals surface area (Å²) in [6, 6.07) is 3.50. The third kappa shape index (κ3) is 3.53. The Labute approximate surface area is 83.7 Å². The lowest BCUT2D eigenvalue weighted by Gasteiger charge is -2.03. The van der Waals surface area contributed by atoms with Gasteiger partial charge < -0.3 is 10.6 Å². The second kappa shape index (κ2) is 6.10. The molecule has 0 fully saturated rings. The van der Waals surface area contributed by atoms with Crippen LogP contribution in [0.5, 0.6) is 0 Å². The molecule has 2 N–H and O–H groups in total. The van der Waals surface area contributed by atoms with Crippen molar-refractivity contribution in [1.82, 2.24) is 15.6 Å². The number of hydrogen-bond acceptors (Lipinski definition) is 3. The summed E-state index contributed by atoms with van der Waals surface area (Å²) in [6.07, 6.45) is 4.15. The van der Waals surface area contributed by atoms with E-state index in [1.165, 1.54) is 0 Å². The number of carbonyl (C=O) groups excluding carboxylic acids is 1. The maximum Gasteiger partial charge on any atom is 0.252 e. The zero-order valence-electron chi connectivity index (χ0n) is 8.29. The van der Waals surface area contributed by atoms with E-state index in [0.29, 0.717) is 12.1 Å². The minimum absolute atomic E-state index is 0.0609. The maximum atomic E-state index is 11.4. The normalized spacial score (nSPS) is 9.79. The Hall–Kier alpha value is -1.42. The Morgan fingerprint density at radius 3 is 3.00 bits per heavy atom. The Kier molecular flexibility index (Phi) is 4.64. The average molecular weight is 193 g/mol. The SMILES string of the molecule is CNCCCNC(=O)c1cccnc1. The smallest absolute Gasteiger partial charge is 0.252 e. The Morgan fingerprint density at radius 2 is 2.36 bits per heavy atom. The van der Waals surface area contributed by atoms with Crippen LogP contribution in [0.25, 0.3) is 0 Å². The van der Waals surface area contributed by atoms with Gasteiger partial charge >= 0.3 is 0 Å². The average Bonchev–Trinajstić information content (AvgIpc) is 2.25. The van der Waals surface area contributed by atoms with Crippen LogP contribution in [0.2, 0.25) is 0 Å². The number of nitrogens with zero attached hydrogens (tertiary/aromatic N) is 1. The first kappa shape index (κ1) is 10.7. The largest absolute Gasteiger partial charge is 0.352 e. The molecule has 1 amide bonds. The first-order valence-electron chi connectivity index (χ1n) is 4.67. The number of amides is 1. The molecule has 4 nitrogen and oxygen atoms in total. The molecule has 1 rings (SSSR count). The Morgan fingerprint density at radius 1 is 1.50 bits per heavy atom. The highest BCUT2D eigenvalue weighted by Gasteiger charge is 2.02. The highest BCUT2D eigenvalue weighted by atomic mass is 16.1. The van der Waals surface area contributed by atoms with E-state index in [9.17, 15) is 4.79 Å². The molecule has 0 bridgehead atoms. The van der Waals surface area contributed by atoms with E-state index in [1.807, 2.05) is 7.05 Å². The van der Waals surface area contributed by atoms with Gasteiger partial charge in [-0.3, -0.25) is 9.78 Å². The monoisotopic (exact) mass is 193 g/mol. The maximum absolute atomic E-state index is 11.4. The molecule has 0 atom stereocenters. The zero-order chi connectivity index (χ0) is 10.2. The second-order valence-electron chi connectivity index (χ2n) is 2.95. The Balaban J connectivity index is 2.29. The van der Waals surface area contributed by atoms with Crippen LogP contribution in [0.15, 0.2) is 24.5 Å². The van der Waals surface area contributed by atoms with Crippen molar-refractivity contribution in [3.8, 4) is 0 Å². The van der Waals surface area contributed by atoms with Gasteiger partial charge in [-0.2, -0.15) is 0 Å². The molecule has 0 aromatic carbocycles. The predicted molar refractivity (Wildman–Crippen MR) is 55.1 cm³/mol. The van der Waals surface area contributed by atoms with E-state index < -0.39 is 0 Å². The van der Waals surface area contributed by atoms with Crippen LogP contribution in [0.4, 0.5) is 0 Å². The second-order valence-corrected chi connectivity index (χ2v) is 2.95. The lowest BCUT2D eigenvalue weighted by molar-refractivity contribution is 0.0953. The fraction of sp³-hybridized carbons (Fsp3) is 0.400. The summed E-state index contributed by atoms with van der Waals surface area (Å²) in [6.45, 7) is 1.60. The van der Waals surface area contributed by atoms with Crippen LogP contribution in [-0.4, -0.2) is 31.0 Å². The molecule has 0 spiro atoms. The molecule has 1 aromatic heterocycles. The van der Waals surface area contributed by atoms with E-state index in [2.05, 4.69) is 15.6 Å². The summed E-state index contributed by atoms with van der Waals surface area (Å²) in [5.74, 6) is -0.0609. The van der Waals surface area contributed by atoms with Gasteiger partial charge in [0.05, 0.1) is 5.56 Å². The Bertz CT molecular complexity index is 274. The molecule has 0 aliphatic carbocycles. The van der Waals surface area contributed by atoms with Crippen molar-refractivity contribution >= 4 is 5.91 Å². The number of pyridine rings is 1. The first-order chi connectivity index (χ1) is 6.84. The van der Waals surface area contributed by atoms with Crippen LogP contribution in [0.3, 0.4) is 0 Å². The topological polar surface area (TPSA) is 54.0 Å². The van der Waals surface area contributed by atoms with Crippen molar-refractivity contribution in [2.45, 2.75) is 6.42 Å². The van der Waals surface area contributed by atoms with Gasteiger partial charge in [-0.05, 0) is 32.1 Å². The van der Waals surface area contributed by atoms with Crippen LogP contribution < -0.4 is 10.6 Å². The molecule has 0 aliphatic heterocycles. The van der Waals surface area contributed by atoms with Gasteiger partial charge in [-0.25, -0.2) is 0 Å². The predicted octanol–water partition coefficient (Wildman–Crippen LogP) is 0.421.